The third kappa shape index (κ3) is 2.60. The van der Waals surface area contributed by atoms with E-state index in [1.54, 1.807) is 0 Å². The maximum absolute atomic E-state index is 3.46. The van der Waals surface area contributed by atoms with Crippen LogP contribution in [-0.2, 0) is 19.5 Å². The summed E-state index contributed by atoms with van der Waals surface area (Å²) in [5.41, 5.74) is 4.51. The lowest BCUT2D eigenvalue weighted by Crippen LogP contribution is -2.30. The summed E-state index contributed by atoms with van der Waals surface area (Å²) in [6.45, 7) is 5.64. The first-order valence-electron chi connectivity index (χ1n) is 7.25. The molecule has 0 saturated heterocycles. The summed E-state index contributed by atoms with van der Waals surface area (Å²) in [4.78, 5) is 2.51. The number of hydrogen-bond donors (Lipinski definition) is 1. The van der Waals surface area contributed by atoms with Crippen molar-refractivity contribution < 1.29 is 0 Å². The molecule has 1 N–H and O–H groups in total. The summed E-state index contributed by atoms with van der Waals surface area (Å²) in [6.07, 6.45) is 4.04. The maximum Gasteiger partial charge on any atom is 0.0233 e. The van der Waals surface area contributed by atoms with Crippen LogP contribution in [0.1, 0.15) is 36.5 Å². The van der Waals surface area contributed by atoms with Gasteiger partial charge in [-0.25, -0.2) is 0 Å². The third-order valence-corrected chi connectivity index (χ3v) is 4.59. The highest BCUT2D eigenvalue weighted by Crippen LogP contribution is 2.35. The molecule has 1 aliphatic heterocycles. The lowest BCUT2D eigenvalue weighted by Gasteiger charge is -2.25. The predicted molar refractivity (Wildman–Crippen MR) is 75.5 cm³/mol. The second-order valence-electron chi connectivity index (χ2n) is 6.02. The molecule has 2 aliphatic rings. The van der Waals surface area contributed by atoms with E-state index in [-0.39, 0.29) is 0 Å². The van der Waals surface area contributed by atoms with E-state index in [1.807, 2.05) is 0 Å². The first kappa shape index (κ1) is 12.2. The summed E-state index contributed by atoms with van der Waals surface area (Å²) in [7, 11) is 2.26. The average molecular weight is 244 g/mol. The van der Waals surface area contributed by atoms with Crippen molar-refractivity contribution >= 4 is 0 Å². The van der Waals surface area contributed by atoms with Crippen LogP contribution >= 0.6 is 0 Å². The zero-order valence-corrected chi connectivity index (χ0v) is 11.6. The monoisotopic (exact) mass is 244 g/mol. The van der Waals surface area contributed by atoms with Crippen molar-refractivity contribution in [3.8, 4) is 0 Å². The van der Waals surface area contributed by atoms with Crippen LogP contribution in [-0.4, -0.2) is 24.5 Å². The smallest absolute Gasteiger partial charge is 0.0233 e. The quantitative estimate of drug-likeness (QED) is 0.875. The molecule has 1 aromatic rings. The van der Waals surface area contributed by atoms with Crippen LogP contribution in [0.5, 0.6) is 0 Å². The van der Waals surface area contributed by atoms with Gasteiger partial charge in [-0.05, 0) is 62.4 Å². The lowest BCUT2D eigenvalue weighted by molar-refractivity contribution is 0.226. The van der Waals surface area contributed by atoms with E-state index in [9.17, 15) is 0 Å². The van der Waals surface area contributed by atoms with E-state index in [4.69, 9.17) is 0 Å². The summed E-state index contributed by atoms with van der Waals surface area (Å²) in [6, 6.07) is 7.79. The Morgan fingerprint density at radius 3 is 2.94 bits per heavy atom. The molecule has 2 heteroatoms. The molecule has 0 amide bonds. The SMILES string of the molecule is CC(C1CC1)N(C)Cc1ccc2c(c1)CNCC2. The normalized spacial score (nSPS) is 20.8. The molecule has 1 atom stereocenters. The molecule has 2 nitrogen and oxygen atoms in total. The second-order valence-corrected chi connectivity index (χ2v) is 6.02. The Morgan fingerprint density at radius 2 is 2.17 bits per heavy atom. The number of fused-ring (bicyclic) bond motifs is 1. The summed E-state index contributed by atoms with van der Waals surface area (Å²) >= 11 is 0. The van der Waals surface area contributed by atoms with Crippen LogP contribution < -0.4 is 5.32 Å². The summed E-state index contributed by atoms with van der Waals surface area (Å²) in [5.74, 6) is 0.953. The first-order chi connectivity index (χ1) is 8.74. The Kier molecular flexibility index (Phi) is 3.40. The highest BCUT2D eigenvalue weighted by molar-refractivity contribution is 5.33. The van der Waals surface area contributed by atoms with Gasteiger partial charge in [0.2, 0.25) is 0 Å². The van der Waals surface area contributed by atoms with Crippen molar-refractivity contribution in [3.63, 3.8) is 0 Å². The fraction of sp³-hybridized carbons (Fsp3) is 0.625. The number of nitrogens with zero attached hydrogens (tertiary/aromatic N) is 1. The largest absolute Gasteiger partial charge is 0.312 e. The third-order valence-electron chi connectivity index (χ3n) is 4.59. The van der Waals surface area contributed by atoms with Gasteiger partial charge in [0, 0.05) is 19.1 Å². The van der Waals surface area contributed by atoms with Gasteiger partial charge in [0.1, 0.15) is 0 Å². The summed E-state index contributed by atoms with van der Waals surface area (Å²) < 4.78 is 0. The minimum atomic E-state index is 0.735. The van der Waals surface area contributed by atoms with Crippen molar-refractivity contribution in [2.75, 3.05) is 13.6 Å². The molecular formula is C16H24N2. The molecule has 1 aliphatic carbocycles. The molecule has 18 heavy (non-hydrogen) atoms. The van der Waals surface area contributed by atoms with E-state index in [1.165, 1.54) is 36.0 Å². The molecule has 3 rings (SSSR count). The maximum atomic E-state index is 3.46. The molecule has 1 unspecified atom stereocenters. The van der Waals surface area contributed by atoms with Crippen LogP contribution in [0, 0.1) is 5.92 Å². The van der Waals surface area contributed by atoms with Crippen molar-refractivity contribution in [1.82, 2.24) is 10.2 Å². The molecular weight excluding hydrogens is 220 g/mol. The molecule has 0 spiro atoms. The van der Waals surface area contributed by atoms with E-state index in [0.717, 1.165) is 31.6 Å². The highest BCUT2D eigenvalue weighted by Gasteiger charge is 2.30. The molecule has 0 aromatic heterocycles. The van der Waals surface area contributed by atoms with E-state index in [0.29, 0.717) is 0 Å². The topological polar surface area (TPSA) is 15.3 Å². The van der Waals surface area contributed by atoms with Gasteiger partial charge in [0.05, 0.1) is 0 Å². The van der Waals surface area contributed by atoms with E-state index >= 15 is 0 Å². The standard InChI is InChI=1S/C16H24N2/c1-12(14-5-6-14)18(2)11-13-3-4-15-7-8-17-10-16(15)9-13/h3-4,9,12,14,17H,5-8,10-11H2,1-2H3. The predicted octanol–water partition coefficient (Wildman–Crippen LogP) is 2.56. The zero-order valence-electron chi connectivity index (χ0n) is 11.6. The minimum Gasteiger partial charge on any atom is -0.312 e. The molecule has 0 bridgehead atoms. The van der Waals surface area contributed by atoms with Gasteiger partial charge in [-0.15, -0.1) is 0 Å². The van der Waals surface area contributed by atoms with E-state index < -0.39 is 0 Å². The number of benzene rings is 1. The first-order valence-corrected chi connectivity index (χ1v) is 7.25. The lowest BCUT2D eigenvalue weighted by atomic mass is 9.98. The van der Waals surface area contributed by atoms with Crippen LogP contribution in [0.15, 0.2) is 18.2 Å². The van der Waals surface area contributed by atoms with Gasteiger partial charge < -0.3 is 5.32 Å². The van der Waals surface area contributed by atoms with Crippen LogP contribution in [0.3, 0.4) is 0 Å². The van der Waals surface area contributed by atoms with Gasteiger partial charge in [-0.1, -0.05) is 18.2 Å². The van der Waals surface area contributed by atoms with Crippen molar-refractivity contribution in [2.24, 2.45) is 5.92 Å². The molecule has 1 aromatic carbocycles. The van der Waals surface area contributed by atoms with Crippen LogP contribution in [0.25, 0.3) is 0 Å². The van der Waals surface area contributed by atoms with Gasteiger partial charge in [0.25, 0.3) is 0 Å². The zero-order chi connectivity index (χ0) is 12.5. The molecule has 1 heterocycles. The second kappa shape index (κ2) is 5.02. The Morgan fingerprint density at radius 1 is 1.33 bits per heavy atom. The Balaban J connectivity index is 1.68. The summed E-state index contributed by atoms with van der Waals surface area (Å²) in [5, 5.41) is 3.46. The van der Waals surface area contributed by atoms with Crippen molar-refractivity contribution in [2.45, 2.75) is 45.3 Å². The van der Waals surface area contributed by atoms with Crippen LogP contribution in [0.4, 0.5) is 0 Å². The molecule has 0 radical (unpaired) electrons. The molecule has 1 fully saturated rings. The van der Waals surface area contributed by atoms with E-state index in [2.05, 4.69) is 42.4 Å². The molecule has 1 saturated carbocycles. The van der Waals surface area contributed by atoms with Crippen molar-refractivity contribution in [1.29, 1.82) is 0 Å². The molecule has 98 valence electrons. The number of hydrogen-bond acceptors (Lipinski definition) is 2. The Hall–Kier alpha value is -0.860. The highest BCUT2D eigenvalue weighted by atomic mass is 15.1. The van der Waals surface area contributed by atoms with Crippen LogP contribution in [0.2, 0.25) is 0 Å². The van der Waals surface area contributed by atoms with Gasteiger partial charge in [-0.2, -0.15) is 0 Å². The van der Waals surface area contributed by atoms with Gasteiger partial charge in [0.15, 0.2) is 0 Å². The van der Waals surface area contributed by atoms with Gasteiger partial charge >= 0.3 is 0 Å². The van der Waals surface area contributed by atoms with Gasteiger partial charge in [-0.3, -0.25) is 4.90 Å². The fourth-order valence-corrected chi connectivity index (χ4v) is 3.00. The van der Waals surface area contributed by atoms with Crippen molar-refractivity contribution in [3.05, 3.63) is 34.9 Å². The number of nitrogens with one attached hydrogen (secondary N) is 1. The Labute approximate surface area is 110 Å². The minimum absolute atomic E-state index is 0.735. The fourth-order valence-electron chi connectivity index (χ4n) is 3.00. The number of rotatable bonds is 4. The Bertz CT molecular complexity index is 423. The average Bonchev–Trinajstić information content (AvgIpc) is 3.22.